The van der Waals surface area contributed by atoms with Gasteiger partial charge in [-0.25, -0.2) is 4.98 Å². The van der Waals surface area contributed by atoms with Crippen LogP contribution in [0.5, 0.6) is 5.75 Å². The third-order valence-corrected chi connectivity index (χ3v) is 5.50. The molecule has 4 rings (SSSR count). The molecular formula is C24H23N3O2S. The first kappa shape index (κ1) is 20.0. The van der Waals surface area contributed by atoms with Crippen LogP contribution >= 0.6 is 11.8 Å². The quantitative estimate of drug-likeness (QED) is 0.416. The van der Waals surface area contributed by atoms with Gasteiger partial charge in [0, 0.05) is 10.6 Å². The summed E-state index contributed by atoms with van der Waals surface area (Å²) in [4.78, 5) is 18.6. The minimum absolute atomic E-state index is 0.104. The minimum atomic E-state index is -0.104. The van der Waals surface area contributed by atoms with E-state index in [-0.39, 0.29) is 19.1 Å². The number of nitrogens with zero attached hydrogens (tertiary/aromatic N) is 2. The van der Waals surface area contributed by atoms with Crippen LogP contribution in [0, 0.1) is 6.92 Å². The number of ether oxygens (including phenoxy) is 1. The molecule has 0 fully saturated rings. The highest BCUT2D eigenvalue weighted by molar-refractivity contribution is 7.98. The molecule has 0 unspecified atom stereocenters. The summed E-state index contributed by atoms with van der Waals surface area (Å²) in [6.07, 6.45) is 2.01. The second-order valence-corrected chi connectivity index (χ2v) is 7.86. The SMILES string of the molecule is CSc1cccc(NC(=O)Cn2c(COc3ccc(C)cc3)nc3ccccc32)c1. The standard InChI is InChI=1S/C24H23N3O2S/c1-17-10-12-19(13-11-17)29-16-23-26-21-8-3-4-9-22(21)27(23)15-24(28)25-18-6-5-7-20(14-18)30-2/h3-14H,15-16H2,1-2H3,(H,25,28). The van der Waals surface area contributed by atoms with Crippen LogP contribution in [0.3, 0.4) is 0 Å². The van der Waals surface area contributed by atoms with E-state index in [4.69, 9.17) is 4.74 Å². The molecule has 0 saturated heterocycles. The first-order valence-corrected chi connectivity index (χ1v) is 10.9. The van der Waals surface area contributed by atoms with Gasteiger partial charge in [-0.2, -0.15) is 0 Å². The van der Waals surface area contributed by atoms with E-state index in [0.717, 1.165) is 27.4 Å². The first-order valence-electron chi connectivity index (χ1n) is 9.70. The Hall–Kier alpha value is -3.25. The molecule has 0 saturated carbocycles. The van der Waals surface area contributed by atoms with Crippen molar-refractivity contribution in [2.45, 2.75) is 25.0 Å². The number of benzene rings is 3. The number of nitrogens with one attached hydrogen (secondary N) is 1. The summed E-state index contributed by atoms with van der Waals surface area (Å²) < 4.78 is 7.84. The van der Waals surface area contributed by atoms with Crippen molar-refractivity contribution in [2.24, 2.45) is 0 Å². The minimum Gasteiger partial charge on any atom is -0.486 e. The molecule has 5 nitrogen and oxygen atoms in total. The van der Waals surface area contributed by atoms with Gasteiger partial charge in [-0.1, -0.05) is 35.9 Å². The molecule has 30 heavy (non-hydrogen) atoms. The number of carbonyl (C=O) groups is 1. The summed E-state index contributed by atoms with van der Waals surface area (Å²) in [5.41, 5.74) is 3.72. The molecule has 0 spiro atoms. The third kappa shape index (κ3) is 4.66. The summed E-state index contributed by atoms with van der Waals surface area (Å²) in [6, 6.07) is 23.5. The van der Waals surface area contributed by atoms with Crippen molar-refractivity contribution in [1.29, 1.82) is 0 Å². The van der Waals surface area contributed by atoms with Crippen molar-refractivity contribution in [3.8, 4) is 5.75 Å². The predicted molar refractivity (Wildman–Crippen MR) is 122 cm³/mol. The molecule has 4 aromatic rings. The molecule has 152 valence electrons. The summed E-state index contributed by atoms with van der Waals surface area (Å²) in [5, 5.41) is 2.99. The molecule has 1 heterocycles. The van der Waals surface area contributed by atoms with E-state index in [9.17, 15) is 4.79 Å². The van der Waals surface area contributed by atoms with Crippen LogP contribution in [-0.2, 0) is 17.9 Å². The number of hydrogen-bond donors (Lipinski definition) is 1. The van der Waals surface area contributed by atoms with E-state index in [0.29, 0.717) is 5.82 Å². The zero-order valence-corrected chi connectivity index (χ0v) is 17.8. The summed E-state index contributed by atoms with van der Waals surface area (Å²) in [5.74, 6) is 1.38. The van der Waals surface area contributed by atoms with E-state index in [1.54, 1.807) is 11.8 Å². The number of aromatic nitrogens is 2. The van der Waals surface area contributed by atoms with Gasteiger partial charge < -0.3 is 14.6 Å². The molecular weight excluding hydrogens is 394 g/mol. The lowest BCUT2D eigenvalue weighted by Crippen LogP contribution is -2.20. The van der Waals surface area contributed by atoms with Gasteiger partial charge in [-0.05, 0) is 55.6 Å². The molecule has 1 aromatic heterocycles. The van der Waals surface area contributed by atoms with Crippen molar-refractivity contribution >= 4 is 34.4 Å². The fourth-order valence-corrected chi connectivity index (χ4v) is 3.70. The lowest BCUT2D eigenvalue weighted by molar-refractivity contribution is -0.116. The fraction of sp³-hybridized carbons (Fsp3) is 0.167. The molecule has 0 atom stereocenters. The number of carbonyl (C=O) groups excluding carboxylic acids is 1. The normalized spacial score (nSPS) is 10.9. The summed E-state index contributed by atoms with van der Waals surface area (Å²) in [7, 11) is 0. The van der Waals surface area contributed by atoms with Gasteiger partial charge >= 0.3 is 0 Å². The number of rotatable bonds is 7. The van der Waals surface area contributed by atoms with Crippen LogP contribution in [0.2, 0.25) is 0 Å². The number of fused-ring (bicyclic) bond motifs is 1. The highest BCUT2D eigenvalue weighted by Gasteiger charge is 2.14. The number of aryl methyl sites for hydroxylation is 1. The molecule has 1 amide bonds. The lowest BCUT2D eigenvalue weighted by atomic mass is 10.2. The van der Waals surface area contributed by atoms with Gasteiger partial charge in [0.05, 0.1) is 11.0 Å². The Labute approximate surface area is 180 Å². The maximum absolute atomic E-state index is 12.8. The van der Waals surface area contributed by atoms with Crippen LogP contribution in [0.1, 0.15) is 11.4 Å². The van der Waals surface area contributed by atoms with Crippen LogP contribution in [0.15, 0.2) is 77.7 Å². The van der Waals surface area contributed by atoms with Crippen LogP contribution in [0.4, 0.5) is 5.69 Å². The van der Waals surface area contributed by atoms with Crippen molar-refractivity contribution < 1.29 is 9.53 Å². The van der Waals surface area contributed by atoms with Crippen molar-refractivity contribution in [1.82, 2.24) is 9.55 Å². The largest absolute Gasteiger partial charge is 0.486 e. The van der Waals surface area contributed by atoms with Crippen LogP contribution in [-0.4, -0.2) is 21.7 Å². The van der Waals surface area contributed by atoms with E-state index in [1.807, 2.05) is 90.5 Å². The number of para-hydroxylation sites is 2. The lowest BCUT2D eigenvalue weighted by Gasteiger charge is -2.11. The second kappa shape index (κ2) is 9.05. The van der Waals surface area contributed by atoms with Gasteiger partial charge in [0.25, 0.3) is 0 Å². The molecule has 0 aliphatic carbocycles. The number of anilines is 1. The van der Waals surface area contributed by atoms with Crippen LogP contribution < -0.4 is 10.1 Å². The van der Waals surface area contributed by atoms with E-state index in [1.165, 1.54) is 5.56 Å². The average molecular weight is 418 g/mol. The van der Waals surface area contributed by atoms with Gasteiger partial charge in [-0.15, -0.1) is 11.8 Å². The Kier molecular flexibility index (Phi) is 6.05. The molecule has 0 aliphatic rings. The highest BCUT2D eigenvalue weighted by atomic mass is 32.2. The Bertz CT molecular complexity index is 1170. The van der Waals surface area contributed by atoms with Gasteiger partial charge in [0.15, 0.2) is 0 Å². The Morgan fingerprint density at radius 2 is 1.87 bits per heavy atom. The summed E-state index contributed by atoms with van der Waals surface area (Å²) in [6.45, 7) is 2.49. The number of amides is 1. The molecule has 0 radical (unpaired) electrons. The van der Waals surface area contributed by atoms with E-state index < -0.39 is 0 Å². The van der Waals surface area contributed by atoms with Crippen molar-refractivity contribution in [2.75, 3.05) is 11.6 Å². The Morgan fingerprint density at radius 1 is 1.07 bits per heavy atom. The summed E-state index contributed by atoms with van der Waals surface area (Å²) >= 11 is 1.64. The van der Waals surface area contributed by atoms with Crippen molar-refractivity contribution in [3.05, 3.63) is 84.2 Å². The molecule has 6 heteroatoms. The predicted octanol–water partition coefficient (Wildman–Crippen LogP) is 5.28. The first-order chi connectivity index (χ1) is 14.6. The number of thioether (sulfide) groups is 1. The zero-order chi connectivity index (χ0) is 20.9. The molecule has 1 N–H and O–H groups in total. The topological polar surface area (TPSA) is 56.2 Å². The molecule has 3 aromatic carbocycles. The average Bonchev–Trinajstić information content (AvgIpc) is 3.11. The molecule has 0 bridgehead atoms. The maximum atomic E-state index is 12.8. The van der Waals surface area contributed by atoms with E-state index >= 15 is 0 Å². The smallest absolute Gasteiger partial charge is 0.244 e. The Morgan fingerprint density at radius 3 is 2.67 bits per heavy atom. The third-order valence-electron chi connectivity index (χ3n) is 4.78. The number of imidazole rings is 1. The van der Waals surface area contributed by atoms with Gasteiger partial charge in [0.2, 0.25) is 5.91 Å². The second-order valence-electron chi connectivity index (χ2n) is 6.98. The van der Waals surface area contributed by atoms with E-state index in [2.05, 4.69) is 10.3 Å². The van der Waals surface area contributed by atoms with Crippen LogP contribution in [0.25, 0.3) is 11.0 Å². The molecule has 0 aliphatic heterocycles. The maximum Gasteiger partial charge on any atom is 0.244 e. The van der Waals surface area contributed by atoms with Crippen molar-refractivity contribution in [3.63, 3.8) is 0 Å². The van der Waals surface area contributed by atoms with Gasteiger partial charge in [0.1, 0.15) is 24.7 Å². The zero-order valence-electron chi connectivity index (χ0n) is 17.0. The Balaban J connectivity index is 1.54. The van der Waals surface area contributed by atoms with Gasteiger partial charge in [-0.3, -0.25) is 4.79 Å². The fourth-order valence-electron chi connectivity index (χ4n) is 3.24. The number of hydrogen-bond acceptors (Lipinski definition) is 4. The highest BCUT2D eigenvalue weighted by Crippen LogP contribution is 2.21. The monoisotopic (exact) mass is 417 g/mol.